The second-order valence-electron chi connectivity index (χ2n) is 6.42. The van der Waals surface area contributed by atoms with E-state index in [-0.39, 0.29) is 11.9 Å². The molecule has 0 spiro atoms. The standard InChI is InChI=1S/C19H18ClN5OS/c1-11-3-9-15(10-4-11)21-18(26)17-16(13-5-7-14(20)8-6-13)24-25-12(2)22-23-19(25)27-17/h3-10,16-17,24H,1-2H3,(H,21,26). The summed E-state index contributed by atoms with van der Waals surface area (Å²) in [4.78, 5) is 13.1. The molecule has 2 aromatic carbocycles. The first-order chi connectivity index (χ1) is 13.0. The number of carbonyl (C=O) groups excluding carboxylic acids is 1. The molecule has 2 atom stereocenters. The van der Waals surface area contributed by atoms with E-state index in [9.17, 15) is 4.79 Å². The number of rotatable bonds is 3. The fourth-order valence-corrected chi connectivity index (χ4v) is 4.18. The summed E-state index contributed by atoms with van der Waals surface area (Å²) in [5.74, 6) is 0.650. The molecule has 0 bridgehead atoms. The van der Waals surface area contributed by atoms with Gasteiger partial charge in [-0.1, -0.05) is 53.2 Å². The van der Waals surface area contributed by atoms with Crippen molar-refractivity contribution < 1.29 is 4.79 Å². The lowest BCUT2D eigenvalue weighted by molar-refractivity contribution is -0.116. The van der Waals surface area contributed by atoms with Crippen LogP contribution in [-0.2, 0) is 4.79 Å². The molecule has 1 aliphatic rings. The van der Waals surface area contributed by atoms with Gasteiger partial charge >= 0.3 is 0 Å². The van der Waals surface area contributed by atoms with Gasteiger partial charge in [-0.3, -0.25) is 4.79 Å². The lowest BCUT2D eigenvalue weighted by Crippen LogP contribution is -2.41. The van der Waals surface area contributed by atoms with Gasteiger partial charge in [0.1, 0.15) is 11.1 Å². The average Bonchev–Trinajstić information content (AvgIpc) is 3.03. The summed E-state index contributed by atoms with van der Waals surface area (Å²) in [7, 11) is 0. The first-order valence-corrected chi connectivity index (χ1v) is 9.75. The van der Waals surface area contributed by atoms with E-state index >= 15 is 0 Å². The molecule has 27 heavy (non-hydrogen) atoms. The van der Waals surface area contributed by atoms with Gasteiger partial charge in [0.2, 0.25) is 11.1 Å². The number of amides is 1. The molecule has 0 aliphatic carbocycles. The van der Waals surface area contributed by atoms with Gasteiger partial charge in [-0.25, -0.2) is 4.68 Å². The van der Waals surface area contributed by atoms with Gasteiger partial charge in [0, 0.05) is 10.7 Å². The van der Waals surface area contributed by atoms with Crippen molar-refractivity contribution in [2.45, 2.75) is 30.3 Å². The highest BCUT2D eigenvalue weighted by molar-refractivity contribution is 8.00. The SMILES string of the molecule is Cc1ccc(NC(=O)C2Sc3nnc(C)n3NC2c2ccc(Cl)cc2)cc1. The van der Waals surface area contributed by atoms with E-state index in [0.717, 1.165) is 22.6 Å². The van der Waals surface area contributed by atoms with Crippen molar-refractivity contribution in [2.75, 3.05) is 10.7 Å². The molecule has 8 heteroatoms. The van der Waals surface area contributed by atoms with Crippen LogP contribution in [0.15, 0.2) is 53.7 Å². The molecule has 1 amide bonds. The monoisotopic (exact) mass is 399 g/mol. The van der Waals surface area contributed by atoms with Crippen LogP contribution in [0.2, 0.25) is 5.02 Å². The van der Waals surface area contributed by atoms with Crippen LogP contribution in [0.3, 0.4) is 0 Å². The van der Waals surface area contributed by atoms with Crippen molar-refractivity contribution in [2.24, 2.45) is 0 Å². The quantitative estimate of drug-likeness (QED) is 0.697. The summed E-state index contributed by atoms with van der Waals surface area (Å²) in [6, 6.07) is 15.0. The smallest absolute Gasteiger partial charge is 0.240 e. The molecule has 2 N–H and O–H groups in total. The molecular weight excluding hydrogens is 382 g/mol. The van der Waals surface area contributed by atoms with Crippen LogP contribution in [0.5, 0.6) is 0 Å². The van der Waals surface area contributed by atoms with E-state index in [1.165, 1.54) is 11.8 Å². The van der Waals surface area contributed by atoms with E-state index < -0.39 is 5.25 Å². The van der Waals surface area contributed by atoms with Crippen LogP contribution in [-0.4, -0.2) is 26.0 Å². The molecule has 6 nitrogen and oxygen atoms in total. The molecule has 4 rings (SSSR count). The molecule has 1 aromatic heterocycles. The van der Waals surface area contributed by atoms with E-state index in [2.05, 4.69) is 20.9 Å². The Kier molecular flexibility index (Phi) is 4.80. The number of nitrogens with one attached hydrogen (secondary N) is 2. The lowest BCUT2D eigenvalue weighted by atomic mass is 10.0. The lowest BCUT2D eigenvalue weighted by Gasteiger charge is -2.32. The number of halogens is 1. The molecule has 0 fully saturated rings. The molecular formula is C19H18ClN5OS. The fourth-order valence-electron chi connectivity index (χ4n) is 2.93. The van der Waals surface area contributed by atoms with Gasteiger partial charge < -0.3 is 10.7 Å². The third kappa shape index (κ3) is 3.65. The molecule has 3 aromatic rings. The topological polar surface area (TPSA) is 71.8 Å². The van der Waals surface area contributed by atoms with Crippen LogP contribution in [0.25, 0.3) is 0 Å². The van der Waals surface area contributed by atoms with Gasteiger partial charge in [0.05, 0.1) is 6.04 Å². The maximum absolute atomic E-state index is 13.1. The van der Waals surface area contributed by atoms with Crippen LogP contribution in [0.1, 0.15) is 23.0 Å². The normalized spacial score (nSPS) is 18.5. The fraction of sp³-hybridized carbons (Fsp3) is 0.211. The molecule has 0 radical (unpaired) electrons. The maximum Gasteiger partial charge on any atom is 0.240 e. The summed E-state index contributed by atoms with van der Waals surface area (Å²) in [6.45, 7) is 3.88. The van der Waals surface area contributed by atoms with Gasteiger partial charge in [-0.2, -0.15) is 0 Å². The predicted octanol–water partition coefficient (Wildman–Crippen LogP) is 3.95. The van der Waals surface area contributed by atoms with Crippen LogP contribution < -0.4 is 10.7 Å². The van der Waals surface area contributed by atoms with Crippen LogP contribution >= 0.6 is 23.4 Å². The number of carbonyl (C=O) groups is 1. The zero-order valence-corrected chi connectivity index (χ0v) is 16.4. The van der Waals surface area contributed by atoms with Crippen molar-refractivity contribution in [3.63, 3.8) is 0 Å². The number of hydrogen-bond acceptors (Lipinski definition) is 5. The Morgan fingerprint density at radius 1 is 1.11 bits per heavy atom. The number of anilines is 1. The zero-order valence-electron chi connectivity index (χ0n) is 14.8. The number of thioether (sulfide) groups is 1. The minimum atomic E-state index is -0.413. The Labute approximate surface area is 166 Å². The first kappa shape index (κ1) is 17.9. The van der Waals surface area contributed by atoms with Gasteiger partial charge in [-0.15, -0.1) is 10.2 Å². The number of benzene rings is 2. The van der Waals surface area contributed by atoms with Crippen molar-refractivity contribution >= 4 is 35.0 Å². The Hall–Kier alpha value is -2.51. The van der Waals surface area contributed by atoms with Gasteiger partial charge in [0.25, 0.3) is 0 Å². The number of aryl methyl sites for hydroxylation is 2. The second kappa shape index (κ2) is 7.25. The molecule has 2 unspecified atom stereocenters. The van der Waals surface area contributed by atoms with Crippen molar-refractivity contribution in [3.8, 4) is 0 Å². The molecule has 0 saturated heterocycles. The second-order valence-corrected chi connectivity index (χ2v) is 7.96. The Balaban J connectivity index is 1.65. The van der Waals surface area contributed by atoms with Crippen LogP contribution in [0.4, 0.5) is 5.69 Å². The Bertz CT molecular complexity index is 971. The van der Waals surface area contributed by atoms with Crippen molar-refractivity contribution in [3.05, 3.63) is 70.5 Å². The molecule has 2 heterocycles. The molecule has 0 saturated carbocycles. The summed E-state index contributed by atoms with van der Waals surface area (Å²) >= 11 is 7.43. The zero-order chi connectivity index (χ0) is 19.0. The minimum Gasteiger partial charge on any atom is -0.325 e. The van der Waals surface area contributed by atoms with Crippen LogP contribution in [0, 0.1) is 13.8 Å². The number of fused-ring (bicyclic) bond motifs is 1. The number of aromatic nitrogens is 3. The highest BCUT2D eigenvalue weighted by Crippen LogP contribution is 2.37. The highest BCUT2D eigenvalue weighted by Gasteiger charge is 2.37. The van der Waals surface area contributed by atoms with E-state index in [1.807, 2.05) is 67.1 Å². The average molecular weight is 400 g/mol. The van der Waals surface area contributed by atoms with Gasteiger partial charge in [0.15, 0.2) is 0 Å². The number of nitrogens with zero attached hydrogens (tertiary/aromatic N) is 3. The van der Waals surface area contributed by atoms with Crippen molar-refractivity contribution in [1.82, 2.24) is 14.9 Å². The van der Waals surface area contributed by atoms with E-state index in [0.29, 0.717) is 10.2 Å². The minimum absolute atomic E-state index is 0.0943. The largest absolute Gasteiger partial charge is 0.325 e. The third-order valence-corrected chi connectivity index (χ3v) is 5.87. The summed E-state index contributed by atoms with van der Waals surface area (Å²) in [5.41, 5.74) is 6.25. The first-order valence-electron chi connectivity index (χ1n) is 8.49. The summed E-state index contributed by atoms with van der Waals surface area (Å²) in [6.07, 6.45) is 0. The molecule has 1 aliphatic heterocycles. The Morgan fingerprint density at radius 3 is 2.52 bits per heavy atom. The van der Waals surface area contributed by atoms with E-state index in [1.54, 1.807) is 0 Å². The van der Waals surface area contributed by atoms with Gasteiger partial charge in [-0.05, 0) is 43.7 Å². The highest BCUT2D eigenvalue weighted by atomic mass is 35.5. The Morgan fingerprint density at radius 2 is 1.81 bits per heavy atom. The maximum atomic E-state index is 13.1. The molecule has 138 valence electrons. The van der Waals surface area contributed by atoms with E-state index in [4.69, 9.17) is 11.6 Å². The summed E-state index contributed by atoms with van der Waals surface area (Å²) < 4.78 is 1.82. The third-order valence-electron chi connectivity index (χ3n) is 4.41. The number of hydrogen-bond donors (Lipinski definition) is 2. The summed E-state index contributed by atoms with van der Waals surface area (Å²) in [5, 5.41) is 12.2. The predicted molar refractivity (Wildman–Crippen MR) is 108 cm³/mol. The van der Waals surface area contributed by atoms with Crippen molar-refractivity contribution in [1.29, 1.82) is 0 Å².